The summed E-state index contributed by atoms with van der Waals surface area (Å²) in [5, 5.41) is 0. The molecule has 0 spiro atoms. The molecule has 3 heteroatoms. The van der Waals surface area contributed by atoms with E-state index < -0.39 is 0 Å². The first kappa shape index (κ1) is 13.6. The third-order valence-corrected chi connectivity index (χ3v) is 3.97. The Labute approximate surface area is 134 Å². The first-order chi connectivity index (χ1) is 11.4. The van der Waals surface area contributed by atoms with Gasteiger partial charge in [-0.2, -0.15) is 0 Å². The van der Waals surface area contributed by atoms with Crippen LogP contribution in [-0.4, -0.2) is 16.7 Å². The summed E-state index contributed by atoms with van der Waals surface area (Å²) in [6.45, 7) is 0. The fraction of sp³-hybridized carbons (Fsp3) is 0.0500. The SMILES string of the molecule is COc1ccc(-n2c(-c3ccccc3)cc3ncccc32)cc1. The van der Waals surface area contributed by atoms with Crippen LogP contribution in [0.2, 0.25) is 0 Å². The lowest BCUT2D eigenvalue weighted by Gasteiger charge is -2.11. The monoisotopic (exact) mass is 300 g/mol. The molecule has 0 saturated carbocycles. The predicted molar refractivity (Wildman–Crippen MR) is 93.1 cm³/mol. The lowest BCUT2D eigenvalue weighted by Crippen LogP contribution is -1.96. The normalized spacial score (nSPS) is 10.8. The zero-order valence-corrected chi connectivity index (χ0v) is 12.8. The van der Waals surface area contributed by atoms with Crippen molar-refractivity contribution in [3.8, 4) is 22.7 Å². The van der Waals surface area contributed by atoms with Gasteiger partial charge in [-0.1, -0.05) is 30.3 Å². The van der Waals surface area contributed by atoms with Crippen molar-refractivity contribution in [2.75, 3.05) is 7.11 Å². The second-order valence-corrected chi connectivity index (χ2v) is 5.34. The zero-order valence-electron chi connectivity index (χ0n) is 12.8. The Kier molecular flexibility index (Phi) is 3.31. The van der Waals surface area contributed by atoms with Crippen molar-refractivity contribution in [2.45, 2.75) is 0 Å². The van der Waals surface area contributed by atoms with E-state index in [4.69, 9.17) is 4.74 Å². The number of ether oxygens (including phenoxy) is 1. The molecule has 0 aliphatic carbocycles. The van der Waals surface area contributed by atoms with Crippen molar-refractivity contribution in [2.24, 2.45) is 0 Å². The molecule has 112 valence electrons. The molecule has 4 aromatic rings. The highest BCUT2D eigenvalue weighted by atomic mass is 16.5. The van der Waals surface area contributed by atoms with Crippen LogP contribution in [0.1, 0.15) is 0 Å². The number of hydrogen-bond acceptors (Lipinski definition) is 2. The minimum absolute atomic E-state index is 0.851. The average Bonchev–Trinajstić information content (AvgIpc) is 3.02. The molecular weight excluding hydrogens is 284 g/mol. The van der Waals surface area contributed by atoms with Gasteiger partial charge in [-0.25, -0.2) is 0 Å². The molecule has 2 aromatic heterocycles. The van der Waals surface area contributed by atoms with Gasteiger partial charge in [0.2, 0.25) is 0 Å². The highest BCUT2D eigenvalue weighted by Crippen LogP contribution is 2.31. The van der Waals surface area contributed by atoms with Crippen molar-refractivity contribution >= 4 is 11.0 Å². The fourth-order valence-corrected chi connectivity index (χ4v) is 2.86. The van der Waals surface area contributed by atoms with E-state index in [1.165, 1.54) is 5.56 Å². The summed E-state index contributed by atoms with van der Waals surface area (Å²) >= 11 is 0. The molecule has 3 nitrogen and oxygen atoms in total. The van der Waals surface area contributed by atoms with Crippen LogP contribution in [0.15, 0.2) is 79.0 Å². The standard InChI is InChI=1S/C20H16N2O/c1-23-17-11-9-16(10-12-17)22-19-8-5-13-21-18(19)14-20(22)15-6-3-2-4-7-15/h2-14H,1H3. The molecule has 0 amide bonds. The summed E-state index contributed by atoms with van der Waals surface area (Å²) in [4.78, 5) is 4.50. The van der Waals surface area contributed by atoms with E-state index in [0.29, 0.717) is 0 Å². The molecule has 0 radical (unpaired) electrons. The van der Waals surface area contributed by atoms with Crippen molar-refractivity contribution in [1.29, 1.82) is 0 Å². The molecule has 0 aliphatic heterocycles. The van der Waals surface area contributed by atoms with Crippen molar-refractivity contribution in [3.63, 3.8) is 0 Å². The molecule has 0 bridgehead atoms. The number of methoxy groups -OCH3 is 1. The Hall–Kier alpha value is -3.07. The van der Waals surface area contributed by atoms with Gasteiger partial charge in [0.05, 0.1) is 23.8 Å². The molecular formula is C20H16N2O. The Morgan fingerprint density at radius 3 is 2.39 bits per heavy atom. The molecule has 0 aliphatic rings. The quantitative estimate of drug-likeness (QED) is 0.548. The van der Waals surface area contributed by atoms with Crippen LogP contribution >= 0.6 is 0 Å². The Balaban J connectivity index is 1.99. The second-order valence-electron chi connectivity index (χ2n) is 5.34. The van der Waals surface area contributed by atoms with E-state index in [9.17, 15) is 0 Å². The van der Waals surface area contributed by atoms with Crippen molar-refractivity contribution < 1.29 is 4.74 Å². The van der Waals surface area contributed by atoms with Gasteiger partial charge in [0.25, 0.3) is 0 Å². The number of benzene rings is 2. The number of fused-ring (bicyclic) bond motifs is 1. The van der Waals surface area contributed by atoms with Gasteiger partial charge < -0.3 is 9.30 Å². The lowest BCUT2D eigenvalue weighted by atomic mass is 10.1. The maximum atomic E-state index is 5.27. The molecule has 2 aromatic carbocycles. The number of pyridine rings is 1. The topological polar surface area (TPSA) is 27.1 Å². The minimum atomic E-state index is 0.851. The third-order valence-electron chi connectivity index (χ3n) is 3.97. The number of hydrogen-bond donors (Lipinski definition) is 0. The number of rotatable bonds is 3. The van der Waals surface area contributed by atoms with Gasteiger partial charge in [-0.05, 0) is 48.0 Å². The number of nitrogens with zero attached hydrogens (tertiary/aromatic N) is 2. The van der Waals surface area contributed by atoms with Crippen LogP contribution in [-0.2, 0) is 0 Å². The molecule has 0 atom stereocenters. The van der Waals surface area contributed by atoms with E-state index in [1.54, 1.807) is 7.11 Å². The van der Waals surface area contributed by atoms with E-state index >= 15 is 0 Å². The van der Waals surface area contributed by atoms with E-state index in [1.807, 2.05) is 30.5 Å². The summed E-state index contributed by atoms with van der Waals surface area (Å²) in [6, 6.07) is 24.7. The van der Waals surface area contributed by atoms with Gasteiger partial charge in [-0.3, -0.25) is 4.98 Å². The first-order valence-electron chi connectivity index (χ1n) is 7.53. The first-order valence-corrected chi connectivity index (χ1v) is 7.53. The smallest absolute Gasteiger partial charge is 0.119 e. The highest BCUT2D eigenvalue weighted by Gasteiger charge is 2.12. The van der Waals surface area contributed by atoms with Crippen molar-refractivity contribution in [1.82, 2.24) is 9.55 Å². The van der Waals surface area contributed by atoms with Crippen LogP contribution in [0.3, 0.4) is 0 Å². The van der Waals surface area contributed by atoms with Crippen LogP contribution < -0.4 is 4.74 Å². The second kappa shape index (κ2) is 5.61. The molecule has 23 heavy (non-hydrogen) atoms. The van der Waals surface area contributed by atoms with Crippen LogP contribution in [0.5, 0.6) is 5.75 Å². The van der Waals surface area contributed by atoms with Gasteiger partial charge in [0.15, 0.2) is 0 Å². The third kappa shape index (κ3) is 2.36. The predicted octanol–water partition coefficient (Wildman–Crippen LogP) is 4.70. The molecule has 0 saturated heterocycles. The van der Waals surface area contributed by atoms with Gasteiger partial charge >= 0.3 is 0 Å². The summed E-state index contributed by atoms with van der Waals surface area (Å²) in [7, 11) is 1.68. The molecule has 0 N–H and O–H groups in total. The maximum absolute atomic E-state index is 5.27. The molecule has 2 heterocycles. The summed E-state index contributed by atoms with van der Waals surface area (Å²) in [5.41, 5.74) is 5.47. The van der Waals surface area contributed by atoms with Gasteiger partial charge in [0.1, 0.15) is 5.75 Å². The minimum Gasteiger partial charge on any atom is -0.497 e. The average molecular weight is 300 g/mol. The summed E-state index contributed by atoms with van der Waals surface area (Å²) in [6.07, 6.45) is 1.83. The van der Waals surface area contributed by atoms with Crippen LogP contribution in [0, 0.1) is 0 Å². The molecule has 4 rings (SSSR count). The van der Waals surface area contributed by atoms with E-state index in [2.05, 4.69) is 58.1 Å². The van der Waals surface area contributed by atoms with Crippen LogP contribution in [0.25, 0.3) is 28.0 Å². The van der Waals surface area contributed by atoms with E-state index in [-0.39, 0.29) is 0 Å². The van der Waals surface area contributed by atoms with Crippen LogP contribution in [0.4, 0.5) is 0 Å². The Bertz CT molecular complexity index is 940. The maximum Gasteiger partial charge on any atom is 0.119 e. The largest absolute Gasteiger partial charge is 0.497 e. The Morgan fingerprint density at radius 2 is 1.65 bits per heavy atom. The summed E-state index contributed by atoms with van der Waals surface area (Å²) < 4.78 is 7.50. The summed E-state index contributed by atoms with van der Waals surface area (Å²) in [5.74, 6) is 0.851. The fourth-order valence-electron chi connectivity index (χ4n) is 2.86. The van der Waals surface area contributed by atoms with E-state index in [0.717, 1.165) is 28.2 Å². The number of aromatic nitrogens is 2. The Morgan fingerprint density at radius 1 is 0.870 bits per heavy atom. The molecule has 0 unspecified atom stereocenters. The lowest BCUT2D eigenvalue weighted by molar-refractivity contribution is 0.415. The zero-order chi connectivity index (χ0) is 15.6. The molecule has 0 fully saturated rings. The van der Waals surface area contributed by atoms with Gasteiger partial charge in [-0.15, -0.1) is 0 Å². The highest BCUT2D eigenvalue weighted by molar-refractivity contribution is 5.86. The van der Waals surface area contributed by atoms with Crippen molar-refractivity contribution in [3.05, 3.63) is 79.0 Å². The van der Waals surface area contributed by atoms with Gasteiger partial charge in [0, 0.05) is 11.9 Å².